The van der Waals surface area contributed by atoms with Gasteiger partial charge in [0, 0.05) is 18.9 Å². The molecule has 0 radical (unpaired) electrons. The number of hydrogen-bond donors (Lipinski definition) is 1. The molecule has 1 fully saturated rings. The standard InChI is InChI=1S/C6H9NO2/c8-3-1-2-5-4-6(9)7-5/h3,5H,1-2,4H2,(H,7,9)/t5-/m0/s1. The molecule has 9 heavy (non-hydrogen) atoms. The monoisotopic (exact) mass is 127 g/mol. The summed E-state index contributed by atoms with van der Waals surface area (Å²) in [4.78, 5) is 20.1. The van der Waals surface area contributed by atoms with Crippen LogP contribution in [-0.2, 0) is 9.59 Å². The lowest BCUT2D eigenvalue weighted by Gasteiger charge is -2.25. The molecule has 1 aliphatic rings. The van der Waals surface area contributed by atoms with E-state index in [2.05, 4.69) is 5.32 Å². The Balaban J connectivity index is 2.03. The van der Waals surface area contributed by atoms with Gasteiger partial charge in [-0.2, -0.15) is 0 Å². The van der Waals surface area contributed by atoms with Gasteiger partial charge < -0.3 is 10.1 Å². The lowest BCUT2D eigenvalue weighted by molar-refractivity contribution is -0.128. The van der Waals surface area contributed by atoms with E-state index in [0.717, 1.165) is 12.7 Å². The van der Waals surface area contributed by atoms with E-state index in [0.29, 0.717) is 12.8 Å². The molecule has 0 aliphatic carbocycles. The summed E-state index contributed by atoms with van der Waals surface area (Å²) in [7, 11) is 0. The van der Waals surface area contributed by atoms with E-state index < -0.39 is 0 Å². The van der Waals surface area contributed by atoms with Crippen molar-refractivity contribution in [2.24, 2.45) is 0 Å². The SMILES string of the molecule is O=CCC[C@H]1CC(=O)N1. The van der Waals surface area contributed by atoms with Crippen LogP contribution in [-0.4, -0.2) is 18.2 Å². The molecule has 50 valence electrons. The molecule has 3 nitrogen and oxygen atoms in total. The van der Waals surface area contributed by atoms with Crippen LogP contribution in [0, 0.1) is 0 Å². The first-order valence-corrected chi connectivity index (χ1v) is 3.06. The molecule has 1 aliphatic heterocycles. The van der Waals surface area contributed by atoms with Gasteiger partial charge in [0.2, 0.25) is 5.91 Å². The summed E-state index contributed by atoms with van der Waals surface area (Å²) < 4.78 is 0. The van der Waals surface area contributed by atoms with E-state index in [1.807, 2.05) is 0 Å². The van der Waals surface area contributed by atoms with Gasteiger partial charge in [0.1, 0.15) is 6.29 Å². The van der Waals surface area contributed by atoms with Crippen LogP contribution in [0.4, 0.5) is 0 Å². The zero-order valence-corrected chi connectivity index (χ0v) is 5.09. The van der Waals surface area contributed by atoms with Gasteiger partial charge in [-0.15, -0.1) is 0 Å². The molecule has 1 heterocycles. The molecule has 0 saturated carbocycles. The zero-order valence-electron chi connectivity index (χ0n) is 5.09. The normalized spacial score (nSPS) is 24.4. The van der Waals surface area contributed by atoms with Crippen LogP contribution >= 0.6 is 0 Å². The van der Waals surface area contributed by atoms with Crippen molar-refractivity contribution in [2.45, 2.75) is 25.3 Å². The highest BCUT2D eigenvalue weighted by Gasteiger charge is 2.23. The van der Waals surface area contributed by atoms with Crippen molar-refractivity contribution in [3.8, 4) is 0 Å². The van der Waals surface area contributed by atoms with E-state index in [9.17, 15) is 9.59 Å². The van der Waals surface area contributed by atoms with E-state index in [1.165, 1.54) is 0 Å². The zero-order chi connectivity index (χ0) is 6.69. The summed E-state index contributed by atoms with van der Waals surface area (Å²) in [6, 6.07) is 0.280. The summed E-state index contributed by atoms with van der Waals surface area (Å²) in [6.45, 7) is 0. The van der Waals surface area contributed by atoms with Gasteiger partial charge in [0.25, 0.3) is 0 Å². The summed E-state index contributed by atoms with van der Waals surface area (Å²) in [5.74, 6) is 0.103. The molecule has 1 amide bonds. The Morgan fingerprint density at radius 3 is 2.89 bits per heavy atom. The minimum Gasteiger partial charge on any atom is -0.353 e. The smallest absolute Gasteiger partial charge is 0.222 e. The molecular weight excluding hydrogens is 118 g/mol. The van der Waals surface area contributed by atoms with Crippen molar-refractivity contribution in [3.05, 3.63) is 0 Å². The molecular formula is C6H9NO2. The van der Waals surface area contributed by atoms with Crippen molar-refractivity contribution in [3.63, 3.8) is 0 Å². The Labute approximate surface area is 53.4 Å². The Morgan fingerprint density at radius 2 is 2.44 bits per heavy atom. The summed E-state index contributed by atoms with van der Waals surface area (Å²) in [6.07, 6.45) is 2.85. The first-order valence-electron chi connectivity index (χ1n) is 3.06. The maximum Gasteiger partial charge on any atom is 0.222 e. The highest BCUT2D eigenvalue weighted by atomic mass is 16.2. The molecule has 0 spiro atoms. The van der Waals surface area contributed by atoms with Crippen molar-refractivity contribution in [2.75, 3.05) is 0 Å². The molecule has 0 bridgehead atoms. The molecule has 1 saturated heterocycles. The number of hydrogen-bond acceptors (Lipinski definition) is 2. The number of rotatable bonds is 3. The topological polar surface area (TPSA) is 46.2 Å². The van der Waals surface area contributed by atoms with Gasteiger partial charge in [-0.25, -0.2) is 0 Å². The lowest BCUT2D eigenvalue weighted by Crippen LogP contribution is -2.48. The molecule has 0 aromatic carbocycles. The minimum absolute atomic E-state index is 0.103. The Morgan fingerprint density at radius 1 is 1.78 bits per heavy atom. The van der Waals surface area contributed by atoms with E-state index in [-0.39, 0.29) is 11.9 Å². The quantitative estimate of drug-likeness (QED) is 0.423. The highest BCUT2D eigenvalue weighted by Crippen LogP contribution is 2.08. The molecule has 0 unspecified atom stereocenters. The van der Waals surface area contributed by atoms with Gasteiger partial charge in [0.05, 0.1) is 0 Å². The third-order valence-corrected chi connectivity index (χ3v) is 1.43. The number of β-lactam (4-membered cyclic amide) rings is 1. The van der Waals surface area contributed by atoms with Crippen LogP contribution in [0.25, 0.3) is 0 Å². The number of nitrogens with one attached hydrogen (secondary N) is 1. The average Bonchev–Trinajstić information content (AvgIpc) is 1.78. The van der Waals surface area contributed by atoms with Gasteiger partial charge in [0.15, 0.2) is 0 Å². The lowest BCUT2D eigenvalue weighted by atomic mass is 10.0. The number of carbonyl (C=O) groups is 2. The molecule has 0 aromatic heterocycles. The second-order valence-corrected chi connectivity index (χ2v) is 2.21. The van der Waals surface area contributed by atoms with Crippen LogP contribution < -0.4 is 5.32 Å². The van der Waals surface area contributed by atoms with Crippen molar-refractivity contribution in [1.82, 2.24) is 5.32 Å². The summed E-state index contributed by atoms with van der Waals surface area (Å²) in [5.41, 5.74) is 0. The van der Waals surface area contributed by atoms with E-state index in [1.54, 1.807) is 0 Å². The van der Waals surface area contributed by atoms with E-state index in [4.69, 9.17) is 0 Å². The first kappa shape index (κ1) is 6.26. The maximum absolute atomic E-state index is 10.3. The Hall–Kier alpha value is -0.860. The van der Waals surface area contributed by atoms with Crippen LogP contribution in [0.3, 0.4) is 0 Å². The largest absolute Gasteiger partial charge is 0.353 e. The third-order valence-electron chi connectivity index (χ3n) is 1.43. The number of carbonyl (C=O) groups excluding carboxylic acids is 2. The molecule has 1 atom stereocenters. The van der Waals surface area contributed by atoms with E-state index >= 15 is 0 Å². The second kappa shape index (κ2) is 2.62. The fraction of sp³-hybridized carbons (Fsp3) is 0.667. The maximum atomic E-state index is 10.3. The Kier molecular flexibility index (Phi) is 1.82. The van der Waals surface area contributed by atoms with Crippen LogP contribution in [0.1, 0.15) is 19.3 Å². The van der Waals surface area contributed by atoms with Gasteiger partial charge in [-0.3, -0.25) is 4.79 Å². The number of amides is 1. The highest BCUT2D eigenvalue weighted by molar-refractivity contribution is 5.82. The second-order valence-electron chi connectivity index (χ2n) is 2.21. The molecule has 1 N–H and O–H groups in total. The van der Waals surface area contributed by atoms with Crippen molar-refractivity contribution in [1.29, 1.82) is 0 Å². The molecule has 1 rings (SSSR count). The fourth-order valence-corrected chi connectivity index (χ4v) is 0.874. The van der Waals surface area contributed by atoms with Crippen LogP contribution in [0.2, 0.25) is 0 Å². The average molecular weight is 127 g/mol. The summed E-state index contributed by atoms with van der Waals surface area (Å²) in [5, 5.41) is 2.68. The predicted molar refractivity (Wildman–Crippen MR) is 31.8 cm³/mol. The number of aldehydes is 1. The minimum atomic E-state index is 0.103. The predicted octanol–water partition coefficient (Wildman–Crippen LogP) is -0.146. The first-order chi connectivity index (χ1) is 4.33. The van der Waals surface area contributed by atoms with Gasteiger partial charge in [-0.1, -0.05) is 0 Å². The van der Waals surface area contributed by atoms with Gasteiger partial charge in [-0.05, 0) is 6.42 Å². The Bertz CT molecular complexity index is 125. The molecule has 3 heteroatoms. The van der Waals surface area contributed by atoms with Crippen LogP contribution in [0.5, 0.6) is 0 Å². The molecule has 0 aromatic rings. The third kappa shape index (κ3) is 1.52. The van der Waals surface area contributed by atoms with Gasteiger partial charge >= 0.3 is 0 Å². The fourth-order valence-electron chi connectivity index (χ4n) is 0.874. The summed E-state index contributed by atoms with van der Waals surface area (Å²) >= 11 is 0. The van der Waals surface area contributed by atoms with Crippen LogP contribution in [0.15, 0.2) is 0 Å². The van der Waals surface area contributed by atoms with Crippen molar-refractivity contribution < 1.29 is 9.59 Å². The van der Waals surface area contributed by atoms with Crippen molar-refractivity contribution >= 4 is 12.2 Å².